The largest absolute Gasteiger partial charge is 0.491 e. The summed E-state index contributed by atoms with van der Waals surface area (Å²) < 4.78 is 11.3. The van der Waals surface area contributed by atoms with Crippen LogP contribution in [0.15, 0.2) is 48.5 Å². The monoisotopic (exact) mass is 357 g/mol. The van der Waals surface area contributed by atoms with Gasteiger partial charge in [0.25, 0.3) is 5.91 Å². The molecule has 0 bridgehead atoms. The maximum Gasteiger partial charge on any atom is 0.263 e. The van der Waals surface area contributed by atoms with Crippen LogP contribution in [0.3, 0.4) is 0 Å². The topological polar surface area (TPSA) is 59.0 Å². The van der Waals surface area contributed by atoms with E-state index < -0.39 is 12.2 Å². The zero-order valence-corrected chi connectivity index (χ0v) is 15.8. The Hall–Kier alpha value is -2.53. The van der Waals surface area contributed by atoms with Crippen LogP contribution in [0, 0.1) is 13.8 Å². The first-order valence-electron chi connectivity index (χ1n) is 8.71. The lowest BCUT2D eigenvalue weighted by Gasteiger charge is -2.24. The van der Waals surface area contributed by atoms with Crippen molar-refractivity contribution < 1.29 is 19.4 Å². The molecule has 0 heterocycles. The van der Waals surface area contributed by atoms with Crippen LogP contribution < -0.4 is 9.47 Å². The van der Waals surface area contributed by atoms with Crippen molar-refractivity contribution in [3.63, 3.8) is 0 Å². The SMILES string of the molecule is Cc1ccc(OC[C@@H](O)CN(C)C(=O)[C@@H](C)Oc2ccccc2)c(C)c1. The number of hydrogen-bond acceptors (Lipinski definition) is 4. The summed E-state index contributed by atoms with van der Waals surface area (Å²) in [5.74, 6) is 1.18. The van der Waals surface area contributed by atoms with Crippen LogP contribution in [0.1, 0.15) is 18.1 Å². The average molecular weight is 357 g/mol. The quantitative estimate of drug-likeness (QED) is 0.789. The molecule has 0 fully saturated rings. The number of carbonyl (C=O) groups is 1. The van der Waals surface area contributed by atoms with Gasteiger partial charge >= 0.3 is 0 Å². The lowest BCUT2D eigenvalue weighted by molar-refractivity contribution is -0.138. The van der Waals surface area contributed by atoms with Crippen LogP contribution in [0.4, 0.5) is 0 Å². The smallest absolute Gasteiger partial charge is 0.263 e. The predicted molar refractivity (Wildman–Crippen MR) is 102 cm³/mol. The molecule has 0 aliphatic rings. The molecule has 0 saturated heterocycles. The van der Waals surface area contributed by atoms with Crippen molar-refractivity contribution in [2.45, 2.75) is 33.0 Å². The van der Waals surface area contributed by atoms with Gasteiger partial charge in [-0.1, -0.05) is 35.9 Å². The Bertz CT molecular complexity index is 717. The highest BCUT2D eigenvalue weighted by Crippen LogP contribution is 2.19. The third-order valence-corrected chi connectivity index (χ3v) is 4.03. The Morgan fingerprint density at radius 1 is 1.15 bits per heavy atom. The van der Waals surface area contributed by atoms with Gasteiger partial charge in [-0.25, -0.2) is 0 Å². The number of benzene rings is 2. The zero-order valence-electron chi connectivity index (χ0n) is 15.8. The summed E-state index contributed by atoms with van der Waals surface area (Å²) in [5.41, 5.74) is 2.18. The van der Waals surface area contributed by atoms with Gasteiger partial charge in [0.2, 0.25) is 0 Å². The van der Waals surface area contributed by atoms with Gasteiger partial charge in [0.15, 0.2) is 6.10 Å². The number of ether oxygens (including phenoxy) is 2. The highest BCUT2D eigenvalue weighted by molar-refractivity contribution is 5.80. The molecule has 0 radical (unpaired) electrons. The number of aryl methyl sites for hydroxylation is 2. The minimum atomic E-state index is -0.784. The molecule has 5 heteroatoms. The highest BCUT2D eigenvalue weighted by Gasteiger charge is 2.21. The lowest BCUT2D eigenvalue weighted by atomic mass is 10.1. The number of nitrogens with zero attached hydrogens (tertiary/aromatic N) is 1. The normalized spacial score (nSPS) is 13.0. The van der Waals surface area contributed by atoms with E-state index in [9.17, 15) is 9.90 Å². The van der Waals surface area contributed by atoms with Crippen LogP contribution >= 0.6 is 0 Å². The first-order chi connectivity index (χ1) is 12.4. The highest BCUT2D eigenvalue weighted by atomic mass is 16.5. The Morgan fingerprint density at radius 2 is 1.85 bits per heavy atom. The summed E-state index contributed by atoms with van der Waals surface area (Å²) in [7, 11) is 1.65. The van der Waals surface area contributed by atoms with Gasteiger partial charge in [0.1, 0.15) is 24.2 Å². The van der Waals surface area contributed by atoms with Crippen LogP contribution in [0.5, 0.6) is 11.5 Å². The molecule has 2 atom stereocenters. The summed E-state index contributed by atoms with van der Waals surface area (Å²) >= 11 is 0. The lowest BCUT2D eigenvalue weighted by Crippen LogP contribution is -2.43. The summed E-state index contributed by atoms with van der Waals surface area (Å²) in [4.78, 5) is 13.9. The summed E-state index contributed by atoms with van der Waals surface area (Å²) in [6, 6.07) is 15.1. The Kier molecular flexibility index (Phi) is 7.04. The second-order valence-electron chi connectivity index (χ2n) is 6.53. The molecule has 2 rings (SSSR count). The maximum absolute atomic E-state index is 12.4. The predicted octanol–water partition coefficient (Wildman–Crippen LogP) is 2.97. The second kappa shape index (κ2) is 9.25. The van der Waals surface area contributed by atoms with Crippen molar-refractivity contribution >= 4 is 5.91 Å². The van der Waals surface area contributed by atoms with E-state index in [0.29, 0.717) is 5.75 Å². The fourth-order valence-electron chi connectivity index (χ4n) is 2.67. The first kappa shape index (κ1) is 19.8. The van der Waals surface area contributed by atoms with Gasteiger partial charge in [-0.3, -0.25) is 4.79 Å². The van der Waals surface area contributed by atoms with Gasteiger partial charge < -0.3 is 19.5 Å². The van der Waals surface area contributed by atoms with Crippen LogP contribution in [-0.2, 0) is 4.79 Å². The average Bonchev–Trinajstić information content (AvgIpc) is 2.61. The van der Waals surface area contributed by atoms with E-state index in [4.69, 9.17) is 9.47 Å². The van der Waals surface area contributed by atoms with Crippen molar-refractivity contribution in [2.24, 2.45) is 0 Å². The van der Waals surface area contributed by atoms with E-state index >= 15 is 0 Å². The minimum absolute atomic E-state index is 0.120. The Labute approximate surface area is 155 Å². The van der Waals surface area contributed by atoms with Crippen molar-refractivity contribution in [3.8, 4) is 11.5 Å². The number of hydrogen-bond donors (Lipinski definition) is 1. The molecule has 0 spiro atoms. The van der Waals surface area contributed by atoms with E-state index in [1.54, 1.807) is 26.1 Å². The Balaban J connectivity index is 1.81. The van der Waals surface area contributed by atoms with Gasteiger partial charge in [-0.2, -0.15) is 0 Å². The molecule has 0 unspecified atom stereocenters. The molecule has 0 aromatic heterocycles. The summed E-state index contributed by atoms with van der Waals surface area (Å²) in [6.07, 6.45) is -1.41. The Morgan fingerprint density at radius 3 is 2.50 bits per heavy atom. The third-order valence-electron chi connectivity index (χ3n) is 4.03. The number of rotatable bonds is 8. The number of carbonyl (C=O) groups excluding carboxylic acids is 1. The molecule has 1 amide bonds. The maximum atomic E-state index is 12.4. The minimum Gasteiger partial charge on any atom is -0.491 e. The molecule has 0 aliphatic heterocycles. The molecule has 26 heavy (non-hydrogen) atoms. The number of aliphatic hydroxyl groups is 1. The van der Waals surface area contributed by atoms with Crippen LogP contribution in [-0.4, -0.2) is 48.3 Å². The first-order valence-corrected chi connectivity index (χ1v) is 8.71. The second-order valence-corrected chi connectivity index (χ2v) is 6.53. The molecule has 140 valence electrons. The molecule has 5 nitrogen and oxygen atoms in total. The molecule has 2 aromatic carbocycles. The molecular formula is C21H27NO4. The van der Waals surface area contributed by atoms with Crippen LogP contribution in [0.25, 0.3) is 0 Å². The molecule has 2 aromatic rings. The van der Waals surface area contributed by atoms with E-state index in [-0.39, 0.29) is 19.1 Å². The number of aliphatic hydroxyl groups excluding tert-OH is 1. The van der Waals surface area contributed by atoms with E-state index in [0.717, 1.165) is 16.9 Å². The van der Waals surface area contributed by atoms with Crippen LogP contribution in [0.2, 0.25) is 0 Å². The van der Waals surface area contributed by atoms with Gasteiger partial charge in [-0.05, 0) is 44.5 Å². The van der Waals surface area contributed by atoms with E-state index in [1.807, 2.05) is 50.2 Å². The molecule has 0 saturated carbocycles. The molecule has 1 N–H and O–H groups in total. The number of para-hydroxylation sites is 1. The summed E-state index contributed by atoms with van der Waals surface area (Å²) in [6.45, 7) is 5.98. The van der Waals surface area contributed by atoms with E-state index in [1.165, 1.54) is 4.90 Å². The van der Waals surface area contributed by atoms with Crippen molar-refractivity contribution in [1.29, 1.82) is 0 Å². The van der Waals surface area contributed by atoms with Gasteiger partial charge in [0.05, 0.1) is 0 Å². The third kappa shape index (κ3) is 5.77. The fraction of sp³-hybridized carbons (Fsp3) is 0.381. The molecule has 0 aliphatic carbocycles. The number of likely N-dealkylation sites (N-methyl/N-ethyl adjacent to an activating group) is 1. The zero-order chi connectivity index (χ0) is 19.1. The summed E-state index contributed by atoms with van der Waals surface area (Å²) in [5, 5.41) is 10.2. The van der Waals surface area contributed by atoms with Gasteiger partial charge in [-0.15, -0.1) is 0 Å². The standard InChI is InChI=1S/C21H27NO4/c1-15-10-11-20(16(2)12-15)25-14-18(23)13-22(4)21(24)17(3)26-19-8-6-5-7-9-19/h5-12,17-18,23H,13-14H2,1-4H3/t17-,18+/m1/s1. The van der Waals surface area contributed by atoms with E-state index in [2.05, 4.69) is 0 Å². The fourth-order valence-corrected chi connectivity index (χ4v) is 2.67. The number of amides is 1. The van der Waals surface area contributed by atoms with Crippen molar-refractivity contribution in [1.82, 2.24) is 4.90 Å². The van der Waals surface area contributed by atoms with Crippen molar-refractivity contribution in [2.75, 3.05) is 20.2 Å². The van der Waals surface area contributed by atoms with Gasteiger partial charge in [0, 0.05) is 13.6 Å². The molecular weight excluding hydrogens is 330 g/mol. The van der Waals surface area contributed by atoms with Crippen molar-refractivity contribution in [3.05, 3.63) is 59.7 Å².